The van der Waals surface area contributed by atoms with E-state index in [1.807, 2.05) is 65.2 Å². The number of hydrogen-bond acceptors (Lipinski definition) is 4. The van der Waals surface area contributed by atoms with Crippen LogP contribution in [0.4, 0.5) is 0 Å². The summed E-state index contributed by atoms with van der Waals surface area (Å²) in [4.78, 5) is 9.43. The quantitative estimate of drug-likeness (QED) is 0.278. The van der Waals surface area contributed by atoms with Crippen LogP contribution in [-0.4, -0.2) is 19.6 Å². The average molecular weight is 472 g/mol. The fraction of sp³-hybridized carbons (Fsp3) is 0.0968. The second-order valence-corrected chi connectivity index (χ2v) is 9.12. The molecule has 0 unspecified atom stereocenters. The van der Waals surface area contributed by atoms with E-state index < -0.39 is 0 Å². The van der Waals surface area contributed by atoms with Crippen LogP contribution in [0.3, 0.4) is 0 Å². The molecule has 5 heteroatoms. The van der Waals surface area contributed by atoms with Crippen molar-refractivity contribution < 1.29 is 9.84 Å². The van der Waals surface area contributed by atoms with Crippen LogP contribution in [0.1, 0.15) is 25.3 Å². The molecular formula is C31H25N3O2. The Kier molecular flexibility index (Phi) is 5.38. The predicted octanol–water partition coefficient (Wildman–Crippen LogP) is 7.86. The Morgan fingerprint density at radius 3 is 2.42 bits per heavy atom. The number of phenolic OH excluding ortho intramolecular Hbond substituents is 1. The van der Waals surface area contributed by atoms with Gasteiger partial charge < -0.3 is 9.84 Å². The third-order valence-electron chi connectivity index (χ3n) is 6.40. The minimum Gasteiger partial charge on any atom is -0.506 e. The molecule has 3 aromatic carbocycles. The first kappa shape index (κ1) is 21.9. The number of para-hydroxylation sites is 3. The lowest BCUT2D eigenvalue weighted by atomic mass is 9.98. The third-order valence-corrected chi connectivity index (χ3v) is 6.40. The number of ether oxygens (including phenoxy) is 1. The molecule has 36 heavy (non-hydrogen) atoms. The Hall–Kier alpha value is -4.64. The third kappa shape index (κ3) is 3.85. The van der Waals surface area contributed by atoms with E-state index in [0.717, 1.165) is 44.5 Å². The number of pyridine rings is 2. The Labute approximate surface area is 209 Å². The molecule has 0 bridgehead atoms. The molecule has 0 amide bonds. The van der Waals surface area contributed by atoms with Crippen molar-refractivity contribution >= 4 is 21.9 Å². The van der Waals surface area contributed by atoms with Crippen LogP contribution >= 0.6 is 0 Å². The summed E-state index contributed by atoms with van der Waals surface area (Å²) < 4.78 is 8.13. The predicted molar refractivity (Wildman–Crippen MR) is 144 cm³/mol. The van der Waals surface area contributed by atoms with Crippen molar-refractivity contribution in [2.75, 3.05) is 0 Å². The molecule has 176 valence electrons. The summed E-state index contributed by atoms with van der Waals surface area (Å²) >= 11 is 0. The van der Waals surface area contributed by atoms with Crippen LogP contribution in [0.2, 0.25) is 0 Å². The van der Waals surface area contributed by atoms with Gasteiger partial charge in [0.1, 0.15) is 17.1 Å². The lowest BCUT2D eigenvalue weighted by molar-refractivity contribution is 0.462. The molecular weight excluding hydrogens is 446 g/mol. The lowest BCUT2D eigenvalue weighted by Gasteiger charge is -2.13. The number of rotatable bonds is 5. The maximum absolute atomic E-state index is 10.7. The fourth-order valence-electron chi connectivity index (χ4n) is 4.59. The summed E-state index contributed by atoms with van der Waals surface area (Å²) in [6.07, 6.45) is 1.72. The summed E-state index contributed by atoms with van der Waals surface area (Å²) in [6.45, 7) is 4.33. The standard InChI is InChI=1S/C31H25N3O2/c1-20(2)21-17-22(19-23(18-21)36-30-13-7-8-16-32-30)26-15-14-25-24-9-3-4-10-27(24)34(31(25)33-26)28-11-5-6-12-29(28)35/h3-20,35H,1-2H3. The van der Waals surface area contributed by atoms with Crippen LogP contribution in [0.5, 0.6) is 17.4 Å². The van der Waals surface area contributed by atoms with Crippen LogP contribution in [0.25, 0.3) is 38.9 Å². The van der Waals surface area contributed by atoms with Gasteiger partial charge in [-0.15, -0.1) is 0 Å². The number of aromatic hydroxyl groups is 1. The molecule has 0 saturated carbocycles. The normalized spacial score (nSPS) is 11.4. The molecule has 6 rings (SSSR count). The van der Waals surface area contributed by atoms with E-state index in [0.29, 0.717) is 17.5 Å². The summed E-state index contributed by atoms with van der Waals surface area (Å²) in [6, 6.07) is 31.5. The second-order valence-electron chi connectivity index (χ2n) is 9.12. The molecule has 0 aliphatic heterocycles. The second kappa shape index (κ2) is 8.86. The fourth-order valence-corrected chi connectivity index (χ4v) is 4.59. The van der Waals surface area contributed by atoms with E-state index >= 15 is 0 Å². The van der Waals surface area contributed by atoms with Gasteiger partial charge in [0, 0.05) is 28.6 Å². The van der Waals surface area contributed by atoms with E-state index in [1.54, 1.807) is 12.3 Å². The number of fused-ring (bicyclic) bond motifs is 3. The number of benzene rings is 3. The zero-order chi connectivity index (χ0) is 24.6. The average Bonchev–Trinajstić information content (AvgIpc) is 3.23. The minimum atomic E-state index is 0.209. The Bertz CT molecular complexity index is 1700. The maximum atomic E-state index is 10.7. The molecule has 0 spiro atoms. The van der Waals surface area contributed by atoms with Gasteiger partial charge in [-0.3, -0.25) is 4.57 Å². The van der Waals surface area contributed by atoms with Gasteiger partial charge in [0.15, 0.2) is 0 Å². The van der Waals surface area contributed by atoms with Crippen molar-refractivity contribution in [1.29, 1.82) is 0 Å². The summed E-state index contributed by atoms with van der Waals surface area (Å²) in [5.74, 6) is 1.79. The molecule has 0 radical (unpaired) electrons. The van der Waals surface area contributed by atoms with Gasteiger partial charge in [-0.1, -0.05) is 50.2 Å². The molecule has 0 fully saturated rings. The van der Waals surface area contributed by atoms with Crippen LogP contribution < -0.4 is 4.74 Å². The Morgan fingerprint density at radius 2 is 1.61 bits per heavy atom. The number of nitrogens with zero attached hydrogens (tertiary/aromatic N) is 3. The summed E-state index contributed by atoms with van der Waals surface area (Å²) in [5, 5.41) is 12.8. The summed E-state index contributed by atoms with van der Waals surface area (Å²) in [7, 11) is 0. The molecule has 3 heterocycles. The van der Waals surface area contributed by atoms with E-state index in [1.165, 1.54) is 0 Å². The molecule has 0 aliphatic carbocycles. The van der Waals surface area contributed by atoms with Crippen molar-refractivity contribution in [3.8, 4) is 34.3 Å². The molecule has 5 nitrogen and oxygen atoms in total. The highest BCUT2D eigenvalue weighted by Gasteiger charge is 2.17. The number of hydrogen-bond donors (Lipinski definition) is 1. The van der Waals surface area contributed by atoms with Crippen molar-refractivity contribution in [2.24, 2.45) is 0 Å². The van der Waals surface area contributed by atoms with Gasteiger partial charge in [-0.2, -0.15) is 0 Å². The topological polar surface area (TPSA) is 60.2 Å². The van der Waals surface area contributed by atoms with Crippen molar-refractivity contribution in [3.05, 3.63) is 109 Å². The maximum Gasteiger partial charge on any atom is 0.219 e. The molecule has 0 saturated heterocycles. The molecule has 1 N–H and O–H groups in total. The molecule has 6 aromatic rings. The monoisotopic (exact) mass is 471 g/mol. The molecule has 0 aliphatic rings. The number of aromatic nitrogens is 3. The zero-order valence-corrected chi connectivity index (χ0v) is 20.1. The van der Waals surface area contributed by atoms with Gasteiger partial charge in [0.05, 0.1) is 16.9 Å². The first-order valence-corrected chi connectivity index (χ1v) is 12.0. The van der Waals surface area contributed by atoms with E-state index in [9.17, 15) is 5.11 Å². The number of phenols is 1. The Morgan fingerprint density at radius 1 is 0.806 bits per heavy atom. The SMILES string of the molecule is CC(C)c1cc(Oc2ccccn2)cc(-c2ccc3c4ccccc4n(-c4ccccc4O)c3n2)c1. The largest absolute Gasteiger partial charge is 0.506 e. The van der Waals surface area contributed by atoms with Crippen molar-refractivity contribution in [3.63, 3.8) is 0 Å². The highest BCUT2D eigenvalue weighted by Crippen LogP contribution is 2.36. The van der Waals surface area contributed by atoms with Crippen LogP contribution in [0, 0.1) is 0 Å². The zero-order valence-electron chi connectivity index (χ0n) is 20.1. The Balaban J connectivity index is 1.56. The van der Waals surface area contributed by atoms with Crippen LogP contribution in [0.15, 0.2) is 103 Å². The lowest BCUT2D eigenvalue weighted by Crippen LogP contribution is -1.97. The minimum absolute atomic E-state index is 0.209. The highest BCUT2D eigenvalue weighted by atomic mass is 16.5. The van der Waals surface area contributed by atoms with Gasteiger partial charge >= 0.3 is 0 Å². The van der Waals surface area contributed by atoms with Gasteiger partial charge in [0.25, 0.3) is 0 Å². The highest BCUT2D eigenvalue weighted by molar-refractivity contribution is 6.08. The van der Waals surface area contributed by atoms with E-state index in [4.69, 9.17) is 9.72 Å². The van der Waals surface area contributed by atoms with E-state index in [-0.39, 0.29) is 5.75 Å². The van der Waals surface area contributed by atoms with Gasteiger partial charge in [-0.05, 0) is 66.1 Å². The first-order chi connectivity index (χ1) is 17.6. The van der Waals surface area contributed by atoms with Gasteiger partial charge in [0.2, 0.25) is 5.88 Å². The molecule has 3 aromatic heterocycles. The van der Waals surface area contributed by atoms with E-state index in [2.05, 4.69) is 49.2 Å². The molecule has 0 atom stereocenters. The summed E-state index contributed by atoms with van der Waals surface area (Å²) in [5.41, 5.74) is 5.43. The van der Waals surface area contributed by atoms with Crippen molar-refractivity contribution in [2.45, 2.75) is 19.8 Å². The van der Waals surface area contributed by atoms with Gasteiger partial charge in [-0.25, -0.2) is 9.97 Å². The first-order valence-electron chi connectivity index (χ1n) is 12.0. The van der Waals surface area contributed by atoms with Crippen molar-refractivity contribution in [1.82, 2.24) is 14.5 Å². The van der Waals surface area contributed by atoms with Crippen LogP contribution in [-0.2, 0) is 0 Å². The smallest absolute Gasteiger partial charge is 0.219 e.